The van der Waals surface area contributed by atoms with E-state index in [2.05, 4.69) is 34.3 Å². The number of thiophene rings is 1. The van der Waals surface area contributed by atoms with Crippen LogP contribution in [-0.2, 0) is 11.2 Å². The molecule has 0 amide bonds. The summed E-state index contributed by atoms with van der Waals surface area (Å²) in [5, 5.41) is 2.13. The van der Waals surface area contributed by atoms with E-state index < -0.39 is 0 Å². The summed E-state index contributed by atoms with van der Waals surface area (Å²) in [5.74, 6) is 0. The lowest BCUT2D eigenvalue weighted by Crippen LogP contribution is -2.38. The zero-order valence-corrected chi connectivity index (χ0v) is 11.2. The molecule has 4 heteroatoms. The van der Waals surface area contributed by atoms with E-state index in [0.717, 1.165) is 19.4 Å². The molecule has 1 aromatic heterocycles. The Morgan fingerprint density at radius 3 is 3.00 bits per heavy atom. The van der Waals surface area contributed by atoms with Gasteiger partial charge in [0.05, 0.1) is 6.10 Å². The molecule has 2 rings (SSSR count). The Bertz CT molecular complexity index is 341. The minimum absolute atomic E-state index is 0.157. The minimum atomic E-state index is 0.157. The molecule has 2 N–H and O–H groups in total. The number of nitrogens with two attached hydrogens (primary N) is 1. The van der Waals surface area contributed by atoms with Gasteiger partial charge in [0.15, 0.2) is 0 Å². The molecule has 1 aromatic rings. The van der Waals surface area contributed by atoms with E-state index in [9.17, 15) is 0 Å². The van der Waals surface area contributed by atoms with Crippen LogP contribution < -0.4 is 5.73 Å². The lowest BCUT2D eigenvalue weighted by molar-refractivity contribution is 0.0677. The quantitative estimate of drug-likeness (QED) is 0.929. The Hall–Kier alpha value is 0.1000. The lowest BCUT2D eigenvalue weighted by Gasteiger charge is -2.30. The highest BCUT2D eigenvalue weighted by atomic mass is 79.9. The van der Waals surface area contributed by atoms with Crippen LogP contribution in [0.25, 0.3) is 0 Å². The van der Waals surface area contributed by atoms with Crippen molar-refractivity contribution >= 4 is 27.3 Å². The van der Waals surface area contributed by atoms with Crippen LogP contribution in [-0.4, -0.2) is 19.3 Å². The van der Waals surface area contributed by atoms with Gasteiger partial charge in [0.2, 0.25) is 0 Å². The molecule has 0 saturated carbocycles. The van der Waals surface area contributed by atoms with Gasteiger partial charge in [-0.2, -0.15) is 0 Å². The second-order valence-corrected chi connectivity index (χ2v) is 6.15. The van der Waals surface area contributed by atoms with Crippen LogP contribution in [0.1, 0.15) is 18.2 Å². The summed E-state index contributed by atoms with van der Waals surface area (Å²) in [6, 6.07) is 2.19. The van der Waals surface area contributed by atoms with Crippen LogP contribution >= 0.6 is 27.3 Å². The first kappa shape index (κ1) is 11.6. The molecule has 84 valence electrons. The summed E-state index contributed by atoms with van der Waals surface area (Å²) in [6.07, 6.45) is 2.41. The molecule has 0 spiro atoms. The van der Waals surface area contributed by atoms with Crippen LogP contribution in [0.3, 0.4) is 0 Å². The average molecular weight is 290 g/mol. The molecule has 2 heterocycles. The van der Waals surface area contributed by atoms with Crippen LogP contribution in [0.5, 0.6) is 0 Å². The van der Waals surface area contributed by atoms with Crippen molar-refractivity contribution in [2.75, 3.05) is 13.2 Å². The Morgan fingerprint density at radius 2 is 2.53 bits per heavy atom. The Kier molecular flexibility index (Phi) is 3.50. The van der Waals surface area contributed by atoms with Crippen molar-refractivity contribution in [2.45, 2.75) is 25.9 Å². The van der Waals surface area contributed by atoms with Gasteiger partial charge >= 0.3 is 0 Å². The Morgan fingerprint density at radius 1 is 1.73 bits per heavy atom. The molecule has 2 unspecified atom stereocenters. The van der Waals surface area contributed by atoms with Crippen LogP contribution in [0, 0.1) is 5.41 Å². The standard InChI is InChI=1S/C11H16BrNOS/c1-8-11(7-13,2-3-14-8)5-10-4-9(12)6-15-10/h4,6,8H,2-3,5,7,13H2,1H3. The molecule has 0 aromatic carbocycles. The van der Waals surface area contributed by atoms with Crippen molar-refractivity contribution < 1.29 is 4.74 Å². The van der Waals surface area contributed by atoms with Gasteiger partial charge in [-0.25, -0.2) is 0 Å². The summed E-state index contributed by atoms with van der Waals surface area (Å²) in [4.78, 5) is 1.39. The number of ether oxygens (including phenoxy) is 1. The van der Waals surface area contributed by atoms with E-state index >= 15 is 0 Å². The zero-order valence-electron chi connectivity index (χ0n) is 8.83. The normalized spacial score (nSPS) is 31.0. The smallest absolute Gasteiger partial charge is 0.0619 e. The molecular weight excluding hydrogens is 274 g/mol. The fourth-order valence-corrected chi connectivity index (χ4v) is 3.79. The molecule has 0 bridgehead atoms. The summed E-state index contributed by atoms with van der Waals surface area (Å²) >= 11 is 5.28. The van der Waals surface area contributed by atoms with E-state index in [1.165, 1.54) is 9.35 Å². The highest BCUT2D eigenvalue weighted by Gasteiger charge is 2.40. The number of halogens is 1. The van der Waals surface area contributed by atoms with Gasteiger partial charge in [-0.15, -0.1) is 11.3 Å². The summed E-state index contributed by atoms with van der Waals surface area (Å²) < 4.78 is 6.82. The maximum absolute atomic E-state index is 5.93. The van der Waals surface area contributed by atoms with E-state index in [1.807, 2.05) is 0 Å². The van der Waals surface area contributed by atoms with Crippen molar-refractivity contribution in [3.05, 3.63) is 20.8 Å². The van der Waals surface area contributed by atoms with Crippen molar-refractivity contribution in [3.63, 3.8) is 0 Å². The predicted molar refractivity (Wildman–Crippen MR) is 67.2 cm³/mol. The molecule has 0 aliphatic carbocycles. The highest BCUT2D eigenvalue weighted by molar-refractivity contribution is 9.10. The largest absolute Gasteiger partial charge is 0.378 e. The van der Waals surface area contributed by atoms with E-state index in [1.54, 1.807) is 11.3 Å². The topological polar surface area (TPSA) is 35.2 Å². The highest BCUT2D eigenvalue weighted by Crippen LogP contribution is 2.38. The summed E-state index contributed by atoms with van der Waals surface area (Å²) in [6.45, 7) is 3.71. The predicted octanol–water partition coefficient (Wildman–Crippen LogP) is 2.81. The Balaban J connectivity index is 2.14. The fraction of sp³-hybridized carbons (Fsp3) is 0.636. The maximum atomic E-state index is 5.93. The monoisotopic (exact) mass is 289 g/mol. The lowest BCUT2D eigenvalue weighted by atomic mass is 9.78. The SMILES string of the molecule is CC1OCCC1(CN)Cc1cc(Br)cs1. The molecular formula is C11H16BrNOS. The molecule has 0 radical (unpaired) electrons. The molecule has 2 nitrogen and oxygen atoms in total. The second kappa shape index (κ2) is 4.53. The minimum Gasteiger partial charge on any atom is -0.378 e. The van der Waals surface area contributed by atoms with E-state index in [0.29, 0.717) is 6.54 Å². The van der Waals surface area contributed by atoms with E-state index in [4.69, 9.17) is 10.5 Å². The average Bonchev–Trinajstić information content (AvgIpc) is 2.76. The van der Waals surface area contributed by atoms with Gasteiger partial charge in [-0.1, -0.05) is 0 Å². The second-order valence-electron chi connectivity index (χ2n) is 4.24. The zero-order chi connectivity index (χ0) is 10.9. The Labute approximate surface area is 103 Å². The first-order valence-corrected chi connectivity index (χ1v) is 6.88. The maximum Gasteiger partial charge on any atom is 0.0619 e. The van der Waals surface area contributed by atoms with Crippen molar-refractivity contribution in [3.8, 4) is 0 Å². The number of hydrogen-bond donors (Lipinski definition) is 1. The molecule has 1 aliphatic heterocycles. The molecule has 1 fully saturated rings. The summed E-state index contributed by atoms with van der Waals surface area (Å²) in [7, 11) is 0. The van der Waals surface area contributed by atoms with E-state index in [-0.39, 0.29) is 11.5 Å². The first-order chi connectivity index (χ1) is 7.16. The van der Waals surface area contributed by atoms with Crippen molar-refractivity contribution in [1.82, 2.24) is 0 Å². The van der Waals surface area contributed by atoms with Crippen LogP contribution in [0.2, 0.25) is 0 Å². The van der Waals surface area contributed by atoms with Gasteiger partial charge in [-0.3, -0.25) is 0 Å². The van der Waals surface area contributed by atoms with Crippen molar-refractivity contribution in [2.24, 2.45) is 11.1 Å². The van der Waals surface area contributed by atoms with Gasteiger partial charge in [0.1, 0.15) is 0 Å². The first-order valence-electron chi connectivity index (χ1n) is 5.21. The third kappa shape index (κ3) is 2.28. The molecule has 1 aliphatic rings. The third-order valence-electron chi connectivity index (χ3n) is 3.38. The van der Waals surface area contributed by atoms with Gasteiger partial charge < -0.3 is 10.5 Å². The number of rotatable bonds is 3. The van der Waals surface area contributed by atoms with Crippen molar-refractivity contribution in [1.29, 1.82) is 0 Å². The fourth-order valence-electron chi connectivity index (χ4n) is 2.18. The van der Waals surface area contributed by atoms with Gasteiger partial charge in [-0.05, 0) is 41.8 Å². The molecule has 1 saturated heterocycles. The molecule has 2 atom stereocenters. The number of hydrogen-bond acceptors (Lipinski definition) is 3. The van der Waals surface area contributed by atoms with Crippen LogP contribution in [0.15, 0.2) is 15.9 Å². The molecule has 15 heavy (non-hydrogen) atoms. The summed E-state index contributed by atoms with van der Waals surface area (Å²) in [5.41, 5.74) is 6.08. The van der Waals surface area contributed by atoms with Gasteiger partial charge in [0, 0.05) is 33.3 Å². The van der Waals surface area contributed by atoms with Gasteiger partial charge in [0.25, 0.3) is 0 Å². The third-order valence-corrected chi connectivity index (χ3v) is 5.08. The van der Waals surface area contributed by atoms with Crippen LogP contribution in [0.4, 0.5) is 0 Å².